The van der Waals surface area contributed by atoms with Gasteiger partial charge >= 0.3 is 0 Å². The molecule has 3 aromatic carbocycles. The lowest BCUT2D eigenvalue weighted by molar-refractivity contribution is -0.119. The van der Waals surface area contributed by atoms with Gasteiger partial charge in [-0.2, -0.15) is 5.10 Å². The Morgan fingerprint density at radius 3 is 2.56 bits per heavy atom. The molecule has 2 N–H and O–H groups in total. The van der Waals surface area contributed by atoms with Crippen LogP contribution in [0.15, 0.2) is 75.1 Å². The Hall–Kier alpha value is -2.79. The number of amides is 1. The van der Waals surface area contributed by atoms with E-state index in [9.17, 15) is 18.3 Å². The Morgan fingerprint density at radius 2 is 1.88 bits per heavy atom. The van der Waals surface area contributed by atoms with Gasteiger partial charge < -0.3 is 9.84 Å². The summed E-state index contributed by atoms with van der Waals surface area (Å²) in [5, 5.41) is 13.9. The molecule has 0 spiro atoms. The van der Waals surface area contributed by atoms with Crippen molar-refractivity contribution in [3.05, 3.63) is 80.7 Å². The Balaban J connectivity index is 1.87. The van der Waals surface area contributed by atoms with Crippen LogP contribution in [0.25, 0.3) is 0 Å². The molecule has 8 nitrogen and oxygen atoms in total. The zero-order valence-electron chi connectivity index (χ0n) is 17.6. The number of aromatic hydroxyl groups is 1. The number of benzene rings is 3. The molecule has 0 saturated carbocycles. The summed E-state index contributed by atoms with van der Waals surface area (Å²) in [6.07, 6.45) is 1.31. The van der Waals surface area contributed by atoms with Gasteiger partial charge in [-0.1, -0.05) is 47.5 Å². The van der Waals surface area contributed by atoms with Crippen molar-refractivity contribution in [2.45, 2.75) is 4.90 Å². The maximum atomic E-state index is 13.3. The lowest BCUT2D eigenvalue weighted by Crippen LogP contribution is -2.39. The summed E-state index contributed by atoms with van der Waals surface area (Å²) in [6, 6.07) is 15.2. The van der Waals surface area contributed by atoms with Crippen molar-refractivity contribution in [2.75, 3.05) is 18.0 Å². The zero-order chi connectivity index (χ0) is 24.9. The topological polar surface area (TPSA) is 108 Å². The first-order valence-corrected chi connectivity index (χ1v) is 12.5. The number of methoxy groups -OCH3 is 1. The Morgan fingerprint density at radius 1 is 1.18 bits per heavy atom. The average Bonchev–Trinajstić information content (AvgIpc) is 2.82. The average molecular weight is 587 g/mol. The van der Waals surface area contributed by atoms with Crippen LogP contribution in [0.3, 0.4) is 0 Å². The summed E-state index contributed by atoms with van der Waals surface area (Å²) in [4.78, 5) is 12.6. The molecular weight excluding hydrogens is 569 g/mol. The van der Waals surface area contributed by atoms with Gasteiger partial charge in [0.2, 0.25) is 0 Å². The minimum absolute atomic E-state index is 0.0130. The SMILES string of the molecule is COc1cc(/C=N\NC(=O)CN(c2cccc(Cl)c2Cl)S(=O)(=O)c2ccccc2)cc(Br)c1O. The molecule has 0 bridgehead atoms. The standard InChI is InChI=1S/C22H18BrCl2N3O5S/c1-33-19-11-14(10-16(23)22(19)30)12-26-27-20(29)13-28(18-9-5-8-17(24)21(18)25)34(31,32)15-6-3-2-4-7-15/h2-12,30H,13H2,1H3,(H,27,29)/b26-12-. The molecular formula is C22H18BrCl2N3O5S. The van der Waals surface area contributed by atoms with Crippen molar-refractivity contribution in [3.63, 3.8) is 0 Å². The lowest BCUT2D eigenvalue weighted by Gasteiger charge is -2.24. The quantitative estimate of drug-likeness (QED) is 0.291. The molecule has 0 fully saturated rings. The largest absolute Gasteiger partial charge is 0.503 e. The second kappa shape index (κ2) is 11.1. The van der Waals surface area contributed by atoms with Crippen LogP contribution in [-0.4, -0.2) is 39.3 Å². The third kappa shape index (κ3) is 5.82. The van der Waals surface area contributed by atoms with Gasteiger partial charge in [-0.05, 0) is 57.9 Å². The number of nitrogens with one attached hydrogen (secondary N) is 1. The van der Waals surface area contributed by atoms with E-state index in [-0.39, 0.29) is 32.1 Å². The van der Waals surface area contributed by atoms with E-state index < -0.39 is 22.5 Å². The van der Waals surface area contributed by atoms with Crippen LogP contribution in [0.1, 0.15) is 5.56 Å². The molecule has 3 rings (SSSR count). The van der Waals surface area contributed by atoms with E-state index in [0.29, 0.717) is 10.0 Å². The molecule has 0 aromatic heterocycles. The van der Waals surface area contributed by atoms with E-state index in [1.165, 1.54) is 49.7 Å². The summed E-state index contributed by atoms with van der Waals surface area (Å²) in [6.45, 7) is -0.614. The molecule has 12 heteroatoms. The van der Waals surface area contributed by atoms with E-state index in [2.05, 4.69) is 26.5 Å². The first-order valence-electron chi connectivity index (χ1n) is 9.55. The fraction of sp³-hybridized carbons (Fsp3) is 0.0909. The van der Waals surface area contributed by atoms with Crippen LogP contribution in [-0.2, 0) is 14.8 Å². The van der Waals surface area contributed by atoms with Gasteiger partial charge in [0.1, 0.15) is 6.54 Å². The van der Waals surface area contributed by atoms with Gasteiger partial charge in [0.25, 0.3) is 15.9 Å². The summed E-state index contributed by atoms with van der Waals surface area (Å²) >= 11 is 15.5. The van der Waals surface area contributed by atoms with E-state index >= 15 is 0 Å². The van der Waals surface area contributed by atoms with Crippen LogP contribution in [0.5, 0.6) is 11.5 Å². The highest BCUT2D eigenvalue weighted by Gasteiger charge is 2.29. The van der Waals surface area contributed by atoms with Crippen LogP contribution in [0.2, 0.25) is 10.0 Å². The molecule has 0 saturated heterocycles. The maximum absolute atomic E-state index is 13.3. The number of hydrogen-bond donors (Lipinski definition) is 2. The van der Waals surface area contributed by atoms with E-state index in [1.54, 1.807) is 24.3 Å². The molecule has 0 heterocycles. The second-order valence-electron chi connectivity index (χ2n) is 6.74. The molecule has 34 heavy (non-hydrogen) atoms. The first kappa shape index (κ1) is 25.8. The third-order valence-corrected chi connectivity index (χ3v) is 7.68. The highest BCUT2D eigenvalue weighted by atomic mass is 79.9. The fourth-order valence-corrected chi connectivity index (χ4v) is 5.23. The zero-order valence-corrected chi connectivity index (χ0v) is 21.5. The number of phenolic OH excluding ortho intramolecular Hbond substituents is 1. The number of nitrogens with zero attached hydrogens (tertiary/aromatic N) is 2. The maximum Gasteiger partial charge on any atom is 0.264 e. The van der Waals surface area contributed by atoms with Crippen molar-refractivity contribution in [1.82, 2.24) is 5.43 Å². The van der Waals surface area contributed by atoms with Gasteiger partial charge in [0.05, 0.1) is 38.4 Å². The highest BCUT2D eigenvalue weighted by molar-refractivity contribution is 9.10. The Kier molecular flexibility index (Phi) is 8.42. The number of hydrogen-bond acceptors (Lipinski definition) is 6. The molecule has 0 aliphatic rings. The molecule has 1 amide bonds. The predicted molar refractivity (Wildman–Crippen MR) is 136 cm³/mol. The van der Waals surface area contributed by atoms with Crippen molar-refractivity contribution < 1.29 is 23.1 Å². The highest BCUT2D eigenvalue weighted by Crippen LogP contribution is 2.36. The van der Waals surface area contributed by atoms with Gasteiger partial charge in [0, 0.05) is 0 Å². The smallest absolute Gasteiger partial charge is 0.264 e. The van der Waals surface area contributed by atoms with Crippen LogP contribution >= 0.6 is 39.1 Å². The first-order chi connectivity index (χ1) is 16.1. The summed E-state index contributed by atoms with van der Waals surface area (Å²) < 4.78 is 33.0. The monoisotopic (exact) mass is 585 g/mol. The Bertz CT molecular complexity index is 1340. The van der Waals surface area contributed by atoms with Gasteiger partial charge in [-0.25, -0.2) is 13.8 Å². The number of sulfonamides is 1. The minimum Gasteiger partial charge on any atom is -0.503 e. The van der Waals surface area contributed by atoms with Gasteiger partial charge in [-0.15, -0.1) is 0 Å². The molecule has 3 aromatic rings. The lowest BCUT2D eigenvalue weighted by atomic mass is 10.2. The molecule has 0 radical (unpaired) electrons. The van der Waals surface area contributed by atoms with E-state index in [0.717, 1.165) is 4.31 Å². The van der Waals surface area contributed by atoms with Crippen molar-refractivity contribution in [2.24, 2.45) is 5.10 Å². The summed E-state index contributed by atoms with van der Waals surface area (Å²) in [5.74, 6) is -0.599. The van der Waals surface area contributed by atoms with Crippen molar-refractivity contribution >= 4 is 67.0 Å². The van der Waals surface area contributed by atoms with E-state index in [4.69, 9.17) is 27.9 Å². The Labute approximate surface area is 214 Å². The summed E-state index contributed by atoms with van der Waals surface area (Å²) in [7, 11) is -2.76. The summed E-state index contributed by atoms with van der Waals surface area (Å²) in [5.41, 5.74) is 2.84. The van der Waals surface area contributed by atoms with Gasteiger partial charge in [-0.3, -0.25) is 9.10 Å². The normalized spacial score (nSPS) is 11.4. The predicted octanol–water partition coefficient (Wildman–Crippen LogP) is 4.82. The molecule has 0 unspecified atom stereocenters. The number of hydrazone groups is 1. The van der Waals surface area contributed by atoms with Gasteiger partial charge in [0.15, 0.2) is 11.5 Å². The molecule has 178 valence electrons. The van der Waals surface area contributed by atoms with Crippen LogP contribution in [0, 0.1) is 0 Å². The third-order valence-electron chi connectivity index (χ3n) is 4.49. The fourth-order valence-electron chi connectivity index (χ4n) is 2.87. The number of carbonyl (C=O) groups excluding carboxylic acids is 1. The molecule has 0 aliphatic carbocycles. The number of halogens is 3. The van der Waals surface area contributed by atoms with E-state index in [1.807, 2.05) is 0 Å². The van der Waals surface area contributed by atoms with Crippen molar-refractivity contribution in [3.8, 4) is 11.5 Å². The number of ether oxygens (including phenoxy) is 1. The van der Waals surface area contributed by atoms with Crippen molar-refractivity contribution in [1.29, 1.82) is 0 Å². The van der Waals surface area contributed by atoms with Crippen LogP contribution < -0.4 is 14.5 Å². The van der Waals surface area contributed by atoms with Crippen LogP contribution in [0.4, 0.5) is 5.69 Å². The molecule has 0 atom stereocenters. The minimum atomic E-state index is -4.16. The number of carbonyl (C=O) groups is 1. The number of phenols is 1. The second-order valence-corrected chi connectivity index (χ2v) is 10.2. The number of rotatable bonds is 8. The number of anilines is 1. The molecule has 0 aliphatic heterocycles.